The minimum Gasteiger partial charge on any atom is -0.372 e. The van der Waals surface area contributed by atoms with Crippen LogP contribution in [0.5, 0.6) is 0 Å². The SMILES string of the molecule is CCN(CC)c1ccc(NC(=O)c2cccc(C(=O)NCCC(C)C)n2)c(C)c1. The number of hydrogen-bond donors (Lipinski definition) is 2. The number of nitrogens with zero attached hydrogens (tertiary/aromatic N) is 2. The topological polar surface area (TPSA) is 74.3 Å². The Morgan fingerprint density at radius 1 is 1.03 bits per heavy atom. The van der Waals surface area contributed by atoms with Gasteiger partial charge in [0.05, 0.1) is 0 Å². The van der Waals surface area contributed by atoms with E-state index in [2.05, 4.69) is 54.3 Å². The predicted molar refractivity (Wildman–Crippen MR) is 119 cm³/mol. The van der Waals surface area contributed by atoms with Crippen LogP contribution >= 0.6 is 0 Å². The van der Waals surface area contributed by atoms with Gasteiger partial charge in [0.2, 0.25) is 0 Å². The van der Waals surface area contributed by atoms with E-state index in [1.807, 2.05) is 19.1 Å². The average molecular weight is 397 g/mol. The quantitative estimate of drug-likeness (QED) is 0.664. The van der Waals surface area contributed by atoms with Gasteiger partial charge in [0.1, 0.15) is 11.4 Å². The number of aromatic nitrogens is 1. The lowest BCUT2D eigenvalue weighted by atomic mass is 10.1. The lowest BCUT2D eigenvalue weighted by Gasteiger charge is -2.22. The molecule has 1 aromatic carbocycles. The lowest BCUT2D eigenvalue weighted by Crippen LogP contribution is -2.27. The second-order valence-electron chi connectivity index (χ2n) is 7.47. The molecule has 0 fully saturated rings. The number of pyridine rings is 1. The van der Waals surface area contributed by atoms with Crippen LogP contribution in [0.1, 0.15) is 60.7 Å². The first-order valence-corrected chi connectivity index (χ1v) is 10.3. The zero-order chi connectivity index (χ0) is 21.4. The first-order chi connectivity index (χ1) is 13.8. The molecule has 0 unspecified atom stereocenters. The molecule has 0 bridgehead atoms. The fourth-order valence-corrected chi connectivity index (χ4v) is 3.01. The van der Waals surface area contributed by atoms with Gasteiger partial charge in [0.15, 0.2) is 0 Å². The molecule has 0 atom stereocenters. The zero-order valence-electron chi connectivity index (χ0n) is 18.1. The Morgan fingerprint density at radius 3 is 2.28 bits per heavy atom. The van der Waals surface area contributed by atoms with Crippen molar-refractivity contribution in [3.8, 4) is 0 Å². The maximum Gasteiger partial charge on any atom is 0.274 e. The van der Waals surface area contributed by atoms with Crippen LogP contribution in [0.15, 0.2) is 36.4 Å². The van der Waals surface area contributed by atoms with Crippen molar-refractivity contribution in [3.63, 3.8) is 0 Å². The van der Waals surface area contributed by atoms with E-state index in [4.69, 9.17) is 0 Å². The van der Waals surface area contributed by atoms with Crippen molar-refractivity contribution in [1.82, 2.24) is 10.3 Å². The van der Waals surface area contributed by atoms with Crippen LogP contribution in [-0.4, -0.2) is 36.4 Å². The van der Waals surface area contributed by atoms with E-state index in [1.54, 1.807) is 18.2 Å². The molecular weight excluding hydrogens is 364 g/mol. The molecule has 156 valence electrons. The molecule has 2 N–H and O–H groups in total. The highest BCUT2D eigenvalue weighted by Gasteiger charge is 2.14. The molecule has 2 amide bonds. The largest absolute Gasteiger partial charge is 0.372 e. The third-order valence-corrected chi connectivity index (χ3v) is 4.81. The van der Waals surface area contributed by atoms with Gasteiger partial charge in [-0.3, -0.25) is 9.59 Å². The summed E-state index contributed by atoms with van der Waals surface area (Å²) in [6, 6.07) is 10.9. The third kappa shape index (κ3) is 6.31. The van der Waals surface area contributed by atoms with Crippen molar-refractivity contribution >= 4 is 23.2 Å². The molecule has 29 heavy (non-hydrogen) atoms. The molecule has 0 saturated heterocycles. The van der Waals surface area contributed by atoms with Crippen molar-refractivity contribution in [1.29, 1.82) is 0 Å². The number of rotatable bonds is 9. The maximum absolute atomic E-state index is 12.7. The minimum absolute atomic E-state index is 0.216. The minimum atomic E-state index is -0.333. The van der Waals surface area contributed by atoms with Gasteiger partial charge in [-0.1, -0.05) is 19.9 Å². The first kappa shape index (κ1) is 22.4. The van der Waals surface area contributed by atoms with Crippen LogP contribution in [-0.2, 0) is 0 Å². The van der Waals surface area contributed by atoms with Crippen molar-refractivity contribution in [2.45, 2.75) is 41.0 Å². The number of aryl methyl sites for hydroxylation is 1. The Labute approximate surface area is 173 Å². The summed E-state index contributed by atoms with van der Waals surface area (Å²) < 4.78 is 0. The van der Waals surface area contributed by atoms with Crippen LogP contribution < -0.4 is 15.5 Å². The second-order valence-corrected chi connectivity index (χ2v) is 7.47. The number of nitrogens with one attached hydrogen (secondary N) is 2. The molecule has 1 aromatic heterocycles. The van der Waals surface area contributed by atoms with Gasteiger partial charge in [-0.25, -0.2) is 4.98 Å². The van der Waals surface area contributed by atoms with E-state index in [-0.39, 0.29) is 23.2 Å². The highest BCUT2D eigenvalue weighted by atomic mass is 16.2. The molecule has 6 heteroatoms. The standard InChI is InChI=1S/C23H32N4O2/c1-6-27(7-2)18-11-12-19(17(5)15-18)26-23(29)21-10-8-9-20(25-21)22(28)24-14-13-16(3)4/h8-12,15-16H,6-7,13-14H2,1-5H3,(H,24,28)(H,26,29). The van der Waals surface area contributed by atoms with Crippen molar-refractivity contribution < 1.29 is 9.59 Å². The molecule has 0 spiro atoms. The van der Waals surface area contributed by atoms with Crippen LogP contribution in [0.2, 0.25) is 0 Å². The van der Waals surface area contributed by atoms with Gasteiger partial charge >= 0.3 is 0 Å². The molecule has 0 aliphatic carbocycles. The van der Waals surface area contributed by atoms with Crippen molar-refractivity contribution in [3.05, 3.63) is 53.3 Å². The number of anilines is 2. The summed E-state index contributed by atoms with van der Waals surface area (Å²) in [5.41, 5.74) is 3.30. The number of carbonyl (C=O) groups excluding carboxylic acids is 2. The van der Waals surface area contributed by atoms with Gasteiger partial charge in [0.25, 0.3) is 11.8 Å². The summed E-state index contributed by atoms with van der Waals surface area (Å²) in [6.07, 6.45) is 0.898. The summed E-state index contributed by atoms with van der Waals surface area (Å²) in [6.45, 7) is 12.9. The Kier molecular flexibility index (Phi) is 8.19. The molecule has 0 radical (unpaired) electrons. The van der Waals surface area contributed by atoms with Gasteiger partial charge in [0, 0.05) is 31.0 Å². The first-order valence-electron chi connectivity index (χ1n) is 10.3. The van der Waals surface area contributed by atoms with Crippen molar-refractivity contribution in [2.75, 3.05) is 29.9 Å². The third-order valence-electron chi connectivity index (χ3n) is 4.81. The van der Waals surface area contributed by atoms with E-state index >= 15 is 0 Å². The van der Waals surface area contributed by atoms with E-state index in [0.29, 0.717) is 12.5 Å². The highest BCUT2D eigenvalue weighted by Crippen LogP contribution is 2.23. The molecule has 0 aliphatic rings. The van der Waals surface area contributed by atoms with Crippen LogP contribution in [0.3, 0.4) is 0 Å². The van der Waals surface area contributed by atoms with E-state index < -0.39 is 0 Å². The fraction of sp³-hybridized carbons (Fsp3) is 0.435. The predicted octanol–water partition coefficient (Wildman–Crippen LogP) is 4.26. The molecule has 0 saturated carbocycles. The normalized spacial score (nSPS) is 10.7. The highest BCUT2D eigenvalue weighted by molar-refractivity contribution is 6.04. The average Bonchev–Trinajstić information content (AvgIpc) is 2.70. The molecule has 0 aliphatic heterocycles. The second kappa shape index (κ2) is 10.6. The Balaban J connectivity index is 2.08. The lowest BCUT2D eigenvalue weighted by molar-refractivity contribution is 0.0947. The number of benzene rings is 1. The van der Waals surface area contributed by atoms with E-state index in [1.165, 1.54) is 0 Å². The summed E-state index contributed by atoms with van der Waals surface area (Å²) in [5, 5.41) is 5.75. The van der Waals surface area contributed by atoms with Crippen LogP contribution in [0.25, 0.3) is 0 Å². The monoisotopic (exact) mass is 396 g/mol. The molecule has 1 heterocycles. The summed E-state index contributed by atoms with van der Waals surface area (Å²) >= 11 is 0. The Hall–Kier alpha value is -2.89. The van der Waals surface area contributed by atoms with E-state index in [0.717, 1.165) is 36.4 Å². The number of carbonyl (C=O) groups is 2. The summed E-state index contributed by atoms with van der Waals surface area (Å²) in [4.78, 5) is 31.4. The van der Waals surface area contributed by atoms with Crippen molar-refractivity contribution in [2.24, 2.45) is 5.92 Å². The van der Waals surface area contributed by atoms with Gasteiger partial charge < -0.3 is 15.5 Å². The fourth-order valence-electron chi connectivity index (χ4n) is 3.01. The Morgan fingerprint density at radius 2 is 1.69 bits per heavy atom. The molecular formula is C23H32N4O2. The van der Waals surface area contributed by atoms with Crippen LogP contribution in [0.4, 0.5) is 11.4 Å². The zero-order valence-corrected chi connectivity index (χ0v) is 18.1. The number of amides is 2. The smallest absolute Gasteiger partial charge is 0.274 e. The van der Waals surface area contributed by atoms with Gasteiger partial charge in [-0.2, -0.15) is 0 Å². The summed E-state index contributed by atoms with van der Waals surface area (Å²) in [7, 11) is 0. The van der Waals surface area contributed by atoms with Gasteiger partial charge in [-0.05, 0) is 69.0 Å². The molecule has 2 aromatic rings. The van der Waals surface area contributed by atoms with Gasteiger partial charge in [-0.15, -0.1) is 0 Å². The molecule has 6 nitrogen and oxygen atoms in total. The van der Waals surface area contributed by atoms with E-state index in [9.17, 15) is 9.59 Å². The summed E-state index contributed by atoms with van der Waals surface area (Å²) in [5.74, 6) is -0.0858. The molecule has 2 rings (SSSR count). The van der Waals surface area contributed by atoms with Crippen LogP contribution in [0, 0.1) is 12.8 Å². The Bertz CT molecular complexity index is 845. The number of hydrogen-bond acceptors (Lipinski definition) is 4. The maximum atomic E-state index is 12.7.